The van der Waals surface area contributed by atoms with Crippen molar-refractivity contribution in [1.29, 1.82) is 5.26 Å². The minimum Gasteiger partial charge on any atom is -0.481 e. The lowest BCUT2D eigenvalue weighted by Gasteiger charge is -2.15. The second kappa shape index (κ2) is 7.74. The number of nitrogens with zero attached hydrogens (tertiary/aromatic N) is 1. The molecule has 1 atom stereocenters. The van der Waals surface area contributed by atoms with E-state index in [0.29, 0.717) is 11.3 Å². The maximum atomic E-state index is 12.8. The van der Waals surface area contributed by atoms with E-state index in [1.165, 1.54) is 43.3 Å². The molecule has 0 radical (unpaired) electrons. The average Bonchev–Trinajstić information content (AvgIpc) is 2.61. The fraction of sp³-hybridized carbons (Fsp3) is 0.118. The zero-order valence-corrected chi connectivity index (χ0v) is 12.7. The zero-order chi connectivity index (χ0) is 17.5. The fourth-order valence-corrected chi connectivity index (χ4v) is 1.79. The first-order valence-corrected chi connectivity index (χ1v) is 7.02. The van der Waals surface area contributed by atoms with Crippen LogP contribution in [0.4, 0.5) is 4.39 Å². The number of halogens is 1. The van der Waals surface area contributed by atoms with Gasteiger partial charge >= 0.3 is 0 Å². The standard InChI is InChI=1S/C17H14FN3O3/c1-11(24-15-7-5-14(18)6-8-15)16(22)20-21-17(23)13-4-2-3-12(9-13)10-19/h2-9,11H,1H3,(H,20,22)(H,21,23). The molecule has 7 heteroatoms. The number of hydrogen-bond donors (Lipinski definition) is 2. The van der Waals surface area contributed by atoms with Gasteiger partial charge in [0.15, 0.2) is 6.10 Å². The maximum Gasteiger partial charge on any atom is 0.279 e. The van der Waals surface area contributed by atoms with Crippen LogP contribution in [0.15, 0.2) is 48.5 Å². The summed E-state index contributed by atoms with van der Waals surface area (Å²) in [6.07, 6.45) is -0.902. The van der Waals surface area contributed by atoms with Crippen LogP contribution >= 0.6 is 0 Å². The van der Waals surface area contributed by atoms with Crippen LogP contribution in [0.3, 0.4) is 0 Å². The molecule has 0 aromatic heterocycles. The van der Waals surface area contributed by atoms with Gasteiger partial charge in [0.2, 0.25) is 0 Å². The SMILES string of the molecule is CC(Oc1ccc(F)cc1)C(=O)NNC(=O)c1cccc(C#N)c1. The molecule has 0 heterocycles. The fourth-order valence-electron chi connectivity index (χ4n) is 1.79. The van der Waals surface area contributed by atoms with Crippen molar-refractivity contribution < 1.29 is 18.7 Å². The van der Waals surface area contributed by atoms with Crippen molar-refractivity contribution in [3.63, 3.8) is 0 Å². The Kier molecular flexibility index (Phi) is 5.47. The summed E-state index contributed by atoms with van der Waals surface area (Å²) in [5.74, 6) is -1.23. The normalized spacial score (nSPS) is 11.0. The van der Waals surface area contributed by atoms with Crippen molar-refractivity contribution in [3.05, 3.63) is 65.5 Å². The predicted molar refractivity (Wildman–Crippen MR) is 83.3 cm³/mol. The number of rotatable bonds is 4. The average molecular weight is 327 g/mol. The lowest BCUT2D eigenvalue weighted by atomic mass is 10.1. The van der Waals surface area contributed by atoms with Crippen molar-refractivity contribution in [2.24, 2.45) is 0 Å². The van der Waals surface area contributed by atoms with Gasteiger partial charge in [0, 0.05) is 5.56 Å². The minimum atomic E-state index is -0.902. The molecule has 2 amide bonds. The first-order valence-electron chi connectivity index (χ1n) is 7.02. The molecule has 0 saturated carbocycles. The summed E-state index contributed by atoms with van der Waals surface area (Å²) in [5.41, 5.74) is 5.04. The summed E-state index contributed by atoms with van der Waals surface area (Å²) >= 11 is 0. The van der Waals surface area contributed by atoms with Crippen molar-refractivity contribution in [3.8, 4) is 11.8 Å². The summed E-state index contributed by atoms with van der Waals surface area (Å²) in [4.78, 5) is 23.8. The second-order valence-electron chi connectivity index (χ2n) is 4.85. The van der Waals surface area contributed by atoms with E-state index >= 15 is 0 Å². The molecule has 0 aliphatic carbocycles. The second-order valence-corrected chi connectivity index (χ2v) is 4.85. The van der Waals surface area contributed by atoms with Crippen LogP contribution in [-0.4, -0.2) is 17.9 Å². The summed E-state index contributed by atoms with van der Waals surface area (Å²) in [6, 6.07) is 13.2. The topological polar surface area (TPSA) is 91.2 Å². The van der Waals surface area contributed by atoms with Crippen molar-refractivity contribution in [1.82, 2.24) is 10.9 Å². The number of benzene rings is 2. The molecule has 6 nitrogen and oxygen atoms in total. The zero-order valence-electron chi connectivity index (χ0n) is 12.7. The van der Waals surface area contributed by atoms with E-state index in [1.54, 1.807) is 12.1 Å². The number of carbonyl (C=O) groups excluding carboxylic acids is 2. The molecule has 0 spiro atoms. The minimum absolute atomic E-state index is 0.237. The molecule has 0 saturated heterocycles. The van der Waals surface area contributed by atoms with Crippen LogP contribution in [-0.2, 0) is 4.79 Å². The molecule has 24 heavy (non-hydrogen) atoms. The Hall–Kier alpha value is -3.40. The Morgan fingerprint density at radius 1 is 1.17 bits per heavy atom. The number of hydrogen-bond acceptors (Lipinski definition) is 4. The monoisotopic (exact) mass is 327 g/mol. The van der Waals surface area contributed by atoms with Gasteiger partial charge in [0.1, 0.15) is 11.6 Å². The summed E-state index contributed by atoms with van der Waals surface area (Å²) in [7, 11) is 0. The number of nitriles is 1. The third-order valence-electron chi connectivity index (χ3n) is 3.05. The highest BCUT2D eigenvalue weighted by Crippen LogP contribution is 2.12. The first kappa shape index (κ1) is 17.0. The van der Waals surface area contributed by atoms with Gasteiger partial charge in [-0.05, 0) is 49.4 Å². The number of amides is 2. The third-order valence-corrected chi connectivity index (χ3v) is 3.05. The smallest absolute Gasteiger partial charge is 0.279 e. The molecule has 2 aromatic rings. The summed E-state index contributed by atoms with van der Waals surface area (Å²) in [6.45, 7) is 1.49. The van der Waals surface area contributed by atoms with E-state index < -0.39 is 23.7 Å². The van der Waals surface area contributed by atoms with Gasteiger partial charge in [0.05, 0.1) is 11.6 Å². The highest BCUT2D eigenvalue weighted by atomic mass is 19.1. The van der Waals surface area contributed by atoms with E-state index in [9.17, 15) is 14.0 Å². The van der Waals surface area contributed by atoms with Crippen molar-refractivity contribution in [2.45, 2.75) is 13.0 Å². The Labute approximate surface area is 137 Å². The van der Waals surface area contributed by atoms with Crippen molar-refractivity contribution >= 4 is 11.8 Å². The Bertz CT molecular complexity index is 784. The lowest BCUT2D eigenvalue weighted by Crippen LogP contribution is -2.47. The summed E-state index contributed by atoms with van der Waals surface area (Å²) in [5, 5.41) is 8.80. The molecule has 0 aliphatic rings. The molecular weight excluding hydrogens is 313 g/mol. The van der Waals surface area contributed by atoms with Gasteiger partial charge < -0.3 is 4.74 Å². The van der Waals surface area contributed by atoms with Crippen LogP contribution in [0, 0.1) is 17.1 Å². The third kappa shape index (κ3) is 4.55. The quantitative estimate of drug-likeness (QED) is 0.840. The Morgan fingerprint density at radius 2 is 1.88 bits per heavy atom. The predicted octanol–water partition coefficient (Wildman–Crippen LogP) is 1.93. The highest BCUT2D eigenvalue weighted by molar-refractivity contribution is 5.96. The van der Waals surface area contributed by atoms with E-state index in [-0.39, 0.29) is 5.56 Å². The molecule has 1 unspecified atom stereocenters. The van der Waals surface area contributed by atoms with E-state index in [4.69, 9.17) is 10.00 Å². The molecule has 2 rings (SSSR count). The van der Waals surface area contributed by atoms with Gasteiger partial charge in [-0.3, -0.25) is 20.4 Å². The van der Waals surface area contributed by atoms with Crippen LogP contribution in [0.1, 0.15) is 22.8 Å². The maximum absolute atomic E-state index is 12.8. The van der Waals surface area contributed by atoms with Crippen LogP contribution < -0.4 is 15.6 Å². The Morgan fingerprint density at radius 3 is 2.54 bits per heavy atom. The molecule has 122 valence electrons. The van der Waals surface area contributed by atoms with Gasteiger partial charge in [0.25, 0.3) is 11.8 Å². The van der Waals surface area contributed by atoms with Crippen LogP contribution in [0.25, 0.3) is 0 Å². The number of hydrazine groups is 1. The van der Waals surface area contributed by atoms with E-state index in [1.807, 2.05) is 6.07 Å². The highest BCUT2D eigenvalue weighted by Gasteiger charge is 2.16. The molecule has 0 bridgehead atoms. The van der Waals surface area contributed by atoms with Gasteiger partial charge in [-0.15, -0.1) is 0 Å². The molecule has 0 aliphatic heterocycles. The molecule has 0 fully saturated rings. The van der Waals surface area contributed by atoms with Crippen LogP contribution in [0.2, 0.25) is 0 Å². The van der Waals surface area contributed by atoms with E-state index in [0.717, 1.165) is 0 Å². The lowest BCUT2D eigenvalue weighted by molar-refractivity contribution is -0.128. The van der Waals surface area contributed by atoms with Crippen LogP contribution in [0.5, 0.6) is 5.75 Å². The number of carbonyl (C=O) groups is 2. The van der Waals surface area contributed by atoms with Gasteiger partial charge in [-0.2, -0.15) is 5.26 Å². The molecule has 2 N–H and O–H groups in total. The largest absolute Gasteiger partial charge is 0.481 e. The molecule has 2 aromatic carbocycles. The first-order chi connectivity index (χ1) is 11.5. The van der Waals surface area contributed by atoms with E-state index in [2.05, 4.69) is 10.9 Å². The number of ether oxygens (including phenoxy) is 1. The molecular formula is C17H14FN3O3. The van der Waals surface area contributed by atoms with Gasteiger partial charge in [-0.1, -0.05) is 6.07 Å². The van der Waals surface area contributed by atoms with Crippen molar-refractivity contribution in [2.75, 3.05) is 0 Å². The number of nitrogens with one attached hydrogen (secondary N) is 2. The Balaban J connectivity index is 1.88. The van der Waals surface area contributed by atoms with Gasteiger partial charge in [-0.25, -0.2) is 4.39 Å². The summed E-state index contributed by atoms with van der Waals surface area (Å²) < 4.78 is 18.1.